The minimum Gasteiger partial charge on any atom is -0.362 e. The highest BCUT2D eigenvalue weighted by Crippen LogP contribution is 2.32. The molecule has 27 heavy (non-hydrogen) atoms. The topological polar surface area (TPSA) is 66.7 Å². The SMILES string of the molecule is CC(=O)c1ccc(N2CCCN(Cc3ccccc3)CC2C)c([N+](=O)[O-])c1. The molecule has 1 saturated heterocycles. The van der Waals surface area contributed by atoms with E-state index >= 15 is 0 Å². The zero-order chi connectivity index (χ0) is 19.4. The average Bonchev–Trinajstić information content (AvgIpc) is 2.83. The molecule has 6 nitrogen and oxygen atoms in total. The Kier molecular flexibility index (Phi) is 5.86. The molecule has 2 aromatic rings. The molecular weight excluding hydrogens is 342 g/mol. The highest BCUT2D eigenvalue weighted by atomic mass is 16.6. The first-order chi connectivity index (χ1) is 13.0. The minimum absolute atomic E-state index is 0.00561. The lowest BCUT2D eigenvalue weighted by atomic mass is 10.1. The van der Waals surface area contributed by atoms with E-state index in [0.717, 1.165) is 32.6 Å². The van der Waals surface area contributed by atoms with Gasteiger partial charge in [-0.25, -0.2) is 0 Å². The van der Waals surface area contributed by atoms with Crippen molar-refractivity contribution in [2.45, 2.75) is 32.9 Å². The number of anilines is 1. The van der Waals surface area contributed by atoms with Crippen LogP contribution >= 0.6 is 0 Å². The molecule has 1 unspecified atom stereocenters. The van der Waals surface area contributed by atoms with E-state index in [0.29, 0.717) is 11.3 Å². The fourth-order valence-corrected chi connectivity index (χ4v) is 3.72. The molecular formula is C21H25N3O3. The summed E-state index contributed by atoms with van der Waals surface area (Å²) in [7, 11) is 0. The maximum atomic E-state index is 11.6. The minimum atomic E-state index is -0.388. The Morgan fingerprint density at radius 1 is 1.19 bits per heavy atom. The molecule has 142 valence electrons. The maximum Gasteiger partial charge on any atom is 0.293 e. The van der Waals surface area contributed by atoms with E-state index in [2.05, 4.69) is 28.9 Å². The number of nitrogens with zero attached hydrogens (tertiary/aromatic N) is 3. The monoisotopic (exact) mass is 367 g/mol. The molecule has 1 atom stereocenters. The standard InChI is InChI=1S/C21H25N3O3/c1-16-14-22(15-18-7-4-3-5-8-18)11-6-12-23(16)20-10-9-19(17(2)25)13-21(20)24(26)27/h3-5,7-10,13,16H,6,11-12,14-15H2,1-2H3. The Bertz CT molecular complexity index is 823. The van der Waals surface area contributed by atoms with Crippen LogP contribution in [-0.2, 0) is 6.54 Å². The van der Waals surface area contributed by atoms with Crippen molar-refractivity contribution in [2.24, 2.45) is 0 Å². The van der Waals surface area contributed by atoms with Crippen LogP contribution in [0, 0.1) is 10.1 Å². The van der Waals surface area contributed by atoms with Crippen LogP contribution in [0.25, 0.3) is 0 Å². The molecule has 1 aliphatic rings. The normalized spacial score (nSPS) is 18.1. The van der Waals surface area contributed by atoms with Gasteiger partial charge in [0.15, 0.2) is 5.78 Å². The van der Waals surface area contributed by atoms with Gasteiger partial charge < -0.3 is 4.90 Å². The largest absolute Gasteiger partial charge is 0.362 e. The number of carbonyl (C=O) groups excluding carboxylic acids is 1. The van der Waals surface area contributed by atoms with Crippen LogP contribution in [0.2, 0.25) is 0 Å². The summed E-state index contributed by atoms with van der Waals surface area (Å²) in [4.78, 5) is 27.3. The third kappa shape index (κ3) is 4.52. The van der Waals surface area contributed by atoms with Crippen LogP contribution in [0.5, 0.6) is 0 Å². The van der Waals surface area contributed by atoms with Crippen molar-refractivity contribution in [3.8, 4) is 0 Å². The second kappa shape index (κ2) is 8.31. The lowest BCUT2D eigenvalue weighted by Gasteiger charge is -2.30. The molecule has 0 bridgehead atoms. The van der Waals surface area contributed by atoms with Gasteiger partial charge in [0, 0.05) is 43.9 Å². The lowest BCUT2D eigenvalue weighted by Crippen LogP contribution is -2.39. The number of rotatable bonds is 5. The Balaban J connectivity index is 1.81. The van der Waals surface area contributed by atoms with Gasteiger partial charge in [-0.05, 0) is 38.0 Å². The van der Waals surface area contributed by atoms with Crippen molar-refractivity contribution in [3.63, 3.8) is 0 Å². The van der Waals surface area contributed by atoms with Crippen LogP contribution in [0.3, 0.4) is 0 Å². The summed E-state index contributed by atoms with van der Waals surface area (Å²) >= 11 is 0. The predicted molar refractivity (Wildman–Crippen MR) is 106 cm³/mol. The number of nitro groups is 1. The average molecular weight is 367 g/mol. The number of carbonyl (C=O) groups is 1. The first kappa shape index (κ1) is 19.0. The Labute approximate surface area is 159 Å². The smallest absolute Gasteiger partial charge is 0.293 e. The maximum absolute atomic E-state index is 11.6. The van der Waals surface area contributed by atoms with Crippen molar-refractivity contribution in [2.75, 3.05) is 24.5 Å². The zero-order valence-corrected chi connectivity index (χ0v) is 15.8. The number of hydrogen-bond acceptors (Lipinski definition) is 5. The van der Waals surface area contributed by atoms with Crippen LogP contribution < -0.4 is 4.90 Å². The van der Waals surface area contributed by atoms with E-state index in [1.54, 1.807) is 12.1 Å². The first-order valence-electron chi connectivity index (χ1n) is 9.28. The van der Waals surface area contributed by atoms with E-state index < -0.39 is 0 Å². The van der Waals surface area contributed by atoms with E-state index in [4.69, 9.17) is 0 Å². The van der Waals surface area contributed by atoms with Crippen LogP contribution in [-0.4, -0.2) is 41.3 Å². The third-order valence-electron chi connectivity index (χ3n) is 5.06. The number of Topliss-reactive ketones (excluding diaryl/α,β-unsaturated/α-hetero) is 1. The molecule has 0 saturated carbocycles. The molecule has 1 aliphatic heterocycles. The fraction of sp³-hybridized carbons (Fsp3) is 0.381. The Hall–Kier alpha value is -2.73. The highest BCUT2D eigenvalue weighted by molar-refractivity contribution is 5.95. The summed E-state index contributed by atoms with van der Waals surface area (Å²) in [6, 6.07) is 15.3. The molecule has 0 aliphatic carbocycles. The summed E-state index contributed by atoms with van der Waals surface area (Å²) in [6.45, 7) is 6.95. The van der Waals surface area contributed by atoms with Crippen molar-refractivity contribution >= 4 is 17.2 Å². The first-order valence-corrected chi connectivity index (χ1v) is 9.28. The molecule has 0 N–H and O–H groups in total. The van der Waals surface area contributed by atoms with Crippen molar-refractivity contribution in [1.82, 2.24) is 4.90 Å². The molecule has 3 rings (SSSR count). The van der Waals surface area contributed by atoms with Crippen LogP contribution in [0.15, 0.2) is 48.5 Å². The molecule has 0 radical (unpaired) electrons. The van der Waals surface area contributed by atoms with Crippen molar-refractivity contribution < 1.29 is 9.72 Å². The summed E-state index contributed by atoms with van der Waals surface area (Å²) in [5.74, 6) is -0.164. The summed E-state index contributed by atoms with van der Waals surface area (Å²) in [6.07, 6.45) is 0.933. The fourth-order valence-electron chi connectivity index (χ4n) is 3.72. The lowest BCUT2D eigenvalue weighted by molar-refractivity contribution is -0.384. The van der Waals surface area contributed by atoms with Crippen LogP contribution in [0.4, 0.5) is 11.4 Å². The second-order valence-electron chi connectivity index (χ2n) is 7.13. The molecule has 1 heterocycles. The number of benzene rings is 2. The summed E-state index contributed by atoms with van der Waals surface area (Å²) in [5.41, 5.74) is 2.25. The van der Waals surface area contributed by atoms with E-state index in [9.17, 15) is 14.9 Å². The quantitative estimate of drug-likeness (QED) is 0.455. The molecule has 2 aromatic carbocycles. The predicted octanol–water partition coefficient (Wildman–Crippen LogP) is 3.90. The van der Waals surface area contributed by atoms with Gasteiger partial charge in [-0.2, -0.15) is 0 Å². The molecule has 1 fully saturated rings. The van der Waals surface area contributed by atoms with Gasteiger partial charge in [0.25, 0.3) is 5.69 Å². The molecule has 0 aromatic heterocycles. The van der Waals surface area contributed by atoms with Crippen LogP contribution in [0.1, 0.15) is 36.2 Å². The van der Waals surface area contributed by atoms with Gasteiger partial charge in [-0.3, -0.25) is 19.8 Å². The molecule has 0 amide bonds. The van der Waals surface area contributed by atoms with Crippen molar-refractivity contribution in [1.29, 1.82) is 0 Å². The Morgan fingerprint density at radius 2 is 1.93 bits per heavy atom. The second-order valence-corrected chi connectivity index (χ2v) is 7.13. The summed E-state index contributed by atoms with van der Waals surface area (Å²) in [5, 5.41) is 11.6. The number of nitro benzene ring substituents is 1. The van der Waals surface area contributed by atoms with E-state index in [1.807, 2.05) is 18.2 Å². The van der Waals surface area contributed by atoms with Gasteiger partial charge in [-0.15, -0.1) is 0 Å². The zero-order valence-electron chi connectivity index (χ0n) is 15.8. The highest BCUT2D eigenvalue weighted by Gasteiger charge is 2.27. The molecule has 6 heteroatoms. The Morgan fingerprint density at radius 3 is 2.59 bits per heavy atom. The summed E-state index contributed by atoms with van der Waals surface area (Å²) < 4.78 is 0. The van der Waals surface area contributed by atoms with Gasteiger partial charge in [-0.1, -0.05) is 30.3 Å². The third-order valence-corrected chi connectivity index (χ3v) is 5.06. The van der Waals surface area contributed by atoms with Crippen molar-refractivity contribution in [3.05, 3.63) is 69.8 Å². The number of hydrogen-bond donors (Lipinski definition) is 0. The van der Waals surface area contributed by atoms with Gasteiger partial charge in [0.05, 0.1) is 4.92 Å². The van der Waals surface area contributed by atoms with E-state index in [-0.39, 0.29) is 22.4 Å². The molecule has 0 spiro atoms. The van der Waals surface area contributed by atoms with E-state index in [1.165, 1.54) is 18.6 Å². The van der Waals surface area contributed by atoms with Gasteiger partial charge in [0.2, 0.25) is 0 Å². The van der Waals surface area contributed by atoms with Gasteiger partial charge in [0.1, 0.15) is 5.69 Å². The van der Waals surface area contributed by atoms with Gasteiger partial charge >= 0.3 is 0 Å². The number of ketones is 1.